The Kier molecular flexibility index (Phi) is 3.41. The monoisotopic (exact) mass is 248 g/mol. The van der Waals surface area contributed by atoms with Crippen molar-refractivity contribution in [3.63, 3.8) is 0 Å². The van der Waals surface area contributed by atoms with Crippen LogP contribution < -0.4 is 4.74 Å². The third-order valence-corrected chi connectivity index (χ3v) is 3.66. The molecule has 1 aliphatic rings. The first kappa shape index (κ1) is 13.4. The van der Waals surface area contributed by atoms with E-state index in [-0.39, 0.29) is 5.41 Å². The van der Waals surface area contributed by atoms with Crippen LogP contribution in [0.2, 0.25) is 0 Å². The van der Waals surface area contributed by atoms with Crippen molar-refractivity contribution >= 4 is 0 Å². The molecular formula is C16H24O2. The Morgan fingerprint density at radius 3 is 2.44 bits per heavy atom. The molecule has 0 atom stereocenters. The molecule has 0 radical (unpaired) electrons. The Balaban J connectivity index is 2.68. The van der Waals surface area contributed by atoms with Gasteiger partial charge in [-0.25, -0.2) is 0 Å². The van der Waals surface area contributed by atoms with Crippen molar-refractivity contribution < 1.29 is 9.47 Å². The topological polar surface area (TPSA) is 18.5 Å². The van der Waals surface area contributed by atoms with Crippen LogP contribution in [0.1, 0.15) is 62.8 Å². The highest BCUT2D eigenvalue weighted by molar-refractivity contribution is 5.53. The first-order valence-corrected chi connectivity index (χ1v) is 6.69. The first-order chi connectivity index (χ1) is 8.32. The van der Waals surface area contributed by atoms with Crippen molar-refractivity contribution in [2.45, 2.75) is 59.5 Å². The molecule has 0 spiro atoms. The lowest BCUT2D eigenvalue weighted by molar-refractivity contribution is -0.0176. The predicted molar refractivity (Wildman–Crippen MR) is 74.3 cm³/mol. The van der Waals surface area contributed by atoms with Gasteiger partial charge in [0.2, 0.25) is 0 Å². The number of rotatable bonds is 1. The van der Waals surface area contributed by atoms with Gasteiger partial charge in [0.1, 0.15) is 5.75 Å². The Bertz CT molecular complexity index is 453. The fraction of sp³-hybridized carbons (Fsp3) is 0.625. The maximum Gasteiger partial charge on any atom is 0.189 e. The smallest absolute Gasteiger partial charge is 0.189 e. The molecule has 1 heterocycles. The van der Waals surface area contributed by atoms with Gasteiger partial charge in [-0.3, -0.25) is 0 Å². The minimum Gasteiger partial charge on any atom is -0.467 e. The lowest BCUT2D eigenvalue weighted by Crippen LogP contribution is -2.20. The molecule has 0 bridgehead atoms. The van der Waals surface area contributed by atoms with E-state index in [2.05, 4.69) is 47.6 Å². The van der Waals surface area contributed by atoms with Gasteiger partial charge in [-0.05, 0) is 34.9 Å². The molecule has 18 heavy (non-hydrogen) atoms. The van der Waals surface area contributed by atoms with Crippen LogP contribution >= 0.6 is 0 Å². The summed E-state index contributed by atoms with van der Waals surface area (Å²) in [5.41, 5.74) is 5.42. The molecule has 1 aromatic rings. The highest BCUT2D eigenvalue weighted by atomic mass is 16.7. The average Bonchev–Trinajstić information content (AvgIpc) is 2.27. The van der Waals surface area contributed by atoms with E-state index >= 15 is 0 Å². The quantitative estimate of drug-likeness (QED) is 0.738. The van der Waals surface area contributed by atoms with Crippen molar-refractivity contribution in [3.8, 4) is 5.75 Å². The number of hydrogen-bond donors (Lipinski definition) is 0. The zero-order valence-electron chi connectivity index (χ0n) is 12.4. The summed E-state index contributed by atoms with van der Waals surface area (Å²) in [6.45, 7) is 14.4. The molecule has 2 heteroatoms. The summed E-state index contributed by atoms with van der Waals surface area (Å²) >= 11 is 0. The van der Waals surface area contributed by atoms with Gasteiger partial charge in [0, 0.05) is 5.56 Å². The Morgan fingerprint density at radius 2 is 1.89 bits per heavy atom. The van der Waals surface area contributed by atoms with Crippen molar-refractivity contribution in [1.29, 1.82) is 0 Å². The molecular weight excluding hydrogens is 224 g/mol. The van der Waals surface area contributed by atoms with Crippen LogP contribution in [0.15, 0.2) is 6.07 Å². The molecule has 100 valence electrons. The molecule has 0 aliphatic carbocycles. The molecule has 0 fully saturated rings. The van der Waals surface area contributed by atoms with Crippen LogP contribution in [0, 0.1) is 6.92 Å². The Hall–Kier alpha value is -1.02. The van der Waals surface area contributed by atoms with Gasteiger partial charge in [0.05, 0.1) is 6.61 Å². The van der Waals surface area contributed by atoms with Crippen molar-refractivity contribution in [2.24, 2.45) is 0 Å². The summed E-state index contributed by atoms with van der Waals surface area (Å²) in [5.74, 6) is 1.53. The van der Waals surface area contributed by atoms with Crippen molar-refractivity contribution in [1.82, 2.24) is 0 Å². The second kappa shape index (κ2) is 4.58. The summed E-state index contributed by atoms with van der Waals surface area (Å²) in [6.07, 6.45) is 0. The van der Waals surface area contributed by atoms with E-state index in [9.17, 15) is 0 Å². The first-order valence-electron chi connectivity index (χ1n) is 6.69. The molecule has 1 aromatic carbocycles. The average molecular weight is 248 g/mol. The summed E-state index contributed by atoms with van der Waals surface area (Å²) in [7, 11) is 0. The number of benzene rings is 1. The van der Waals surface area contributed by atoms with Crippen molar-refractivity contribution in [2.75, 3.05) is 6.79 Å². The van der Waals surface area contributed by atoms with E-state index in [1.165, 1.54) is 22.3 Å². The fourth-order valence-corrected chi connectivity index (χ4v) is 2.63. The standard InChI is InChI=1S/C16H24O2/c1-10(2)12-7-14(16(4,5)6)11(3)13-8-17-9-18-15(12)13/h7,10H,8-9H2,1-6H3. The normalized spacial score (nSPS) is 15.5. The summed E-state index contributed by atoms with van der Waals surface area (Å²) < 4.78 is 11.2. The van der Waals surface area contributed by atoms with Gasteiger partial charge in [-0.2, -0.15) is 0 Å². The van der Waals surface area contributed by atoms with Crippen molar-refractivity contribution in [3.05, 3.63) is 28.3 Å². The molecule has 2 nitrogen and oxygen atoms in total. The summed E-state index contributed by atoms with van der Waals surface area (Å²) in [5, 5.41) is 0. The summed E-state index contributed by atoms with van der Waals surface area (Å²) in [4.78, 5) is 0. The van der Waals surface area contributed by atoms with Crippen LogP contribution in [-0.2, 0) is 16.8 Å². The molecule has 0 unspecified atom stereocenters. The van der Waals surface area contributed by atoms with E-state index < -0.39 is 0 Å². The number of fused-ring (bicyclic) bond motifs is 1. The number of ether oxygens (including phenoxy) is 2. The van der Waals surface area contributed by atoms with E-state index in [0.29, 0.717) is 19.3 Å². The molecule has 0 saturated heterocycles. The second-order valence-electron chi connectivity index (χ2n) is 6.46. The zero-order chi connectivity index (χ0) is 13.5. The Morgan fingerprint density at radius 1 is 1.22 bits per heavy atom. The maximum atomic E-state index is 5.74. The zero-order valence-corrected chi connectivity index (χ0v) is 12.4. The van der Waals surface area contributed by atoms with Gasteiger partial charge in [-0.1, -0.05) is 40.7 Å². The van der Waals surface area contributed by atoms with Crippen LogP contribution in [-0.4, -0.2) is 6.79 Å². The molecule has 2 rings (SSSR count). The van der Waals surface area contributed by atoms with Gasteiger partial charge in [-0.15, -0.1) is 0 Å². The van der Waals surface area contributed by atoms with Gasteiger partial charge in [0.15, 0.2) is 6.79 Å². The lowest BCUT2D eigenvalue weighted by Gasteiger charge is -2.30. The van der Waals surface area contributed by atoms with E-state index in [0.717, 1.165) is 5.75 Å². The lowest BCUT2D eigenvalue weighted by atomic mass is 9.79. The van der Waals surface area contributed by atoms with Crippen LogP contribution in [0.4, 0.5) is 0 Å². The van der Waals surface area contributed by atoms with Gasteiger partial charge in [0.25, 0.3) is 0 Å². The highest BCUT2D eigenvalue weighted by Crippen LogP contribution is 2.40. The SMILES string of the molecule is Cc1c(C(C)(C)C)cc(C(C)C)c2c1COCO2. The summed E-state index contributed by atoms with van der Waals surface area (Å²) in [6, 6.07) is 2.32. The molecule has 0 aromatic heterocycles. The van der Waals surface area contributed by atoms with E-state index in [4.69, 9.17) is 9.47 Å². The molecule has 0 saturated carbocycles. The third kappa shape index (κ3) is 2.26. The molecule has 0 N–H and O–H groups in total. The minimum absolute atomic E-state index is 0.153. The second-order valence-corrected chi connectivity index (χ2v) is 6.46. The fourth-order valence-electron chi connectivity index (χ4n) is 2.63. The predicted octanol–water partition coefficient (Wildman–Crippen LogP) is 4.28. The van der Waals surface area contributed by atoms with Gasteiger partial charge < -0.3 is 9.47 Å². The van der Waals surface area contributed by atoms with Crippen LogP contribution in [0.5, 0.6) is 5.75 Å². The molecule has 0 amide bonds. The van der Waals surface area contributed by atoms with E-state index in [1.807, 2.05) is 0 Å². The van der Waals surface area contributed by atoms with Gasteiger partial charge >= 0.3 is 0 Å². The maximum absolute atomic E-state index is 5.74. The third-order valence-electron chi connectivity index (χ3n) is 3.66. The molecule has 1 aliphatic heterocycles. The minimum atomic E-state index is 0.153. The Labute approximate surface area is 110 Å². The van der Waals surface area contributed by atoms with Crippen LogP contribution in [0.3, 0.4) is 0 Å². The largest absolute Gasteiger partial charge is 0.467 e. The van der Waals surface area contributed by atoms with Crippen LogP contribution in [0.25, 0.3) is 0 Å². The number of hydrogen-bond acceptors (Lipinski definition) is 2. The highest BCUT2D eigenvalue weighted by Gasteiger charge is 2.26. The van der Waals surface area contributed by atoms with E-state index in [1.54, 1.807) is 0 Å².